The Morgan fingerprint density at radius 1 is 1.08 bits per heavy atom. The number of benzene rings is 1. The molecular weight excluding hydrogens is 316 g/mol. The zero-order valence-corrected chi connectivity index (χ0v) is 14.3. The molecule has 1 N–H and O–H groups in total. The van der Waals surface area contributed by atoms with Crippen LogP contribution in [0.2, 0.25) is 0 Å². The largest absolute Gasteiger partial charge is 0.359 e. The molecule has 0 aliphatic rings. The van der Waals surface area contributed by atoms with E-state index >= 15 is 0 Å². The van der Waals surface area contributed by atoms with Crippen molar-refractivity contribution in [1.82, 2.24) is 35.2 Å². The number of para-hydroxylation sites is 1. The number of aromatic nitrogens is 7. The molecule has 8 heteroatoms. The molecule has 0 amide bonds. The molecule has 0 unspecified atom stereocenters. The zero-order chi connectivity index (χ0) is 17.4. The van der Waals surface area contributed by atoms with Crippen molar-refractivity contribution in [2.24, 2.45) is 0 Å². The summed E-state index contributed by atoms with van der Waals surface area (Å²) in [5, 5.41) is 22.4. The lowest BCUT2D eigenvalue weighted by molar-refractivity contribution is 0.702. The number of H-pyrrole nitrogens is 1. The number of anilines is 2. The van der Waals surface area contributed by atoms with E-state index in [9.17, 15) is 0 Å². The molecule has 0 radical (unpaired) electrons. The third-order valence-electron chi connectivity index (χ3n) is 4.07. The van der Waals surface area contributed by atoms with Crippen molar-refractivity contribution in [3.63, 3.8) is 0 Å². The molecular formula is C17H18N8. The Labute approximate surface area is 144 Å². The van der Waals surface area contributed by atoms with Gasteiger partial charge in [-0.3, -0.25) is 0 Å². The minimum atomic E-state index is 0.365. The average molecular weight is 334 g/mol. The SMILES string of the molecule is CCN(c1nnc(-n2nc(C)cc2C)nn1)c1c[nH]c2ccccc12. The van der Waals surface area contributed by atoms with Gasteiger partial charge in [-0.2, -0.15) is 5.10 Å². The van der Waals surface area contributed by atoms with E-state index < -0.39 is 0 Å². The Morgan fingerprint density at radius 3 is 2.52 bits per heavy atom. The van der Waals surface area contributed by atoms with Gasteiger partial charge in [-0.15, -0.1) is 20.4 Å². The molecule has 0 aliphatic heterocycles. The van der Waals surface area contributed by atoms with Crippen molar-refractivity contribution in [3.05, 3.63) is 47.9 Å². The van der Waals surface area contributed by atoms with Crippen LogP contribution >= 0.6 is 0 Å². The van der Waals surface area contributed by atoms with Crippen LogP contribution in [-0.2, 0) is 0 Å². The maximum absolute atomic E-state index is 4.36. The maximum atomic E-state index is 4.36. The van der Waals surface area contributed by atoms with Gasteiger partial charge >= 0.3 is 0 Å². The number of aryl methyl sites for hydroxylation is 2. The van der Waals surface area contributed by atoms with E-state index in [1.807, 2.05) is 56.1 Å². The summed E-state index contributed by atoms with van der Waals surface area (Å²) in [4.78, 5) is 5.24. The summed E-state index contributed by atoms with van der Waals surface area (Å²) in [6, 6.07) is 10.1. The van der Waals surface area contributed by atoms with Gasteiger partial charge in [0.1, 0.15) is 0 Å². The third-order valence-corrected chi connectivity index (χ3v) is 4.07. The predicted octanol–water partition coefficient (Wildman–Crippen LogP) is 2.71. The van der Waals surface area contributed by atoms with E-state index in [1.54, 1.807) is 4.68 Å². The molecule has 1 aromatic carbocycles. The molecule has 0 aliphatic carbocycles. The van der Waals surface area contributed by atoms with Gasteiger partial charge in [0.15, 0.2) is 0 Å². The fraction of sp³-hybridized carbons (Fsp3) is 0.235. The lowest BCUT2D eigenvalue weighted by atomic mass is 10.2. The molecule has 0 spiro atoms. The smallest absolute Gasteiger partial charge is 0.289 e. The molecule has 0 atom stereocenters. The van der Waals surface area contributed by atoms with Gasteiger partial charge < -0.3 is 9.88 Å². The van der Waals surface area contributed by atoms with Gasteiger partial charge in [-0.05, 0) is 32.9 Å². The third kappa shape index (κ3) is 2.61. The lowest BCUT2D eigenvalue weighted by Crippen LogP contribution is -2.21. The molecule has 0 saturated heterocycles. The molecule has 0 bridgehead atoms. The van der Waals surface area contributed by atoms with Crippen LogP contribution in [0.1, 0.15) is 18.3 Å². The first-order valence-electron chi connectivity index (χ1n) is 8.12. The van der Waals surface area contributed by atoms with Gasteiger partial charge in [0.25, 0.3) is 11.9 Å². The van der Waals surface area contributed by atoms with E-state index in [1.165, 1.54) is 0 Å². The van der Waals surface area contributed by atoms with Crippen molar-refractivity contribution in [3.8, 4) is 5.95 Å². The van der Waals surface area contributed by atoms with Crippen LogP contribution in [0.15, 0.2) is 36.5 Å². The van der Waals surface area contributed by atoms with Crippen LogP contribution in [0.25, 0.3) is 16.9 Å². The molecule has 4 aromatic rings. The van der Waals surface area contributed by atoms with Crippen LogP contribution in [-0.4, -0.2) is 41.7 Å². The minimum absolute atomic E-state index is 0.365. The highest BCUT2D eigenvalue weighted by atomic mass is 15.5. The van der Waals surface area contributed by atoms with Gasteiger partial charge in [0.2, 0.25) is 0 Å². The Bertz CT molecular complexity index is 1010. The van der Waals surface area contributed by atoms with Gasteiger partial charge in [0.05, 0.1) is 11.4 Å². The first kappa shape index (κ1) is 15.3. The van der Waals surface area contributed by atoms with E-state index in [2.05, 4.69) is 36.5 Å². The van der Waals surface area contributed by atoms with Gasteiger partial charge in [-0.25, -0.2) is 4.68 Å². The average Bonchev–Trinajstić information content (AvgIpc) is 3.20. The highest BCUT2D eigenvalue weighted by molar-refractivity contribution is 5.94. The zero-order valence-electron chi connectivity index (χ0n) is 14.3. The van der Waals surface area contributed by atoms with Crippen LogP contribution in [0, 0.1) is 13.8 Å². The Hall–Kier alpha value is -3.29. The number of aromatic amines is 1. The standard InChI is InChI=1S/C17H18N8/c1-4-24(15-10-18-14-8-6-5-7-13(14)15)16-19-21-17(22-20-16)25-12(3)9-11(2)23-25/h5-10,18H,4H2,1-3H3. The topological polar surface area (TPSA) is 88.4 Å². The van der Waals surface area contributed by atoms with Crippen LogP contribution in [0.3, 0.4) is 0 Å². The maximum Gasteiger partial charge on any atom is 0.289 e. The van der Waals surface area contributed by atoms with Crippen molar-refractivity contribution < 1.29 is 0 Å². The highest BCUT2D eigenvalue weighted by Crippen LogP contribution is 2.29. The summed E-state index contributed by atoms with van der Waals surface area (Å²) >= 11 is 0. The first-order chi connectivity index (χ1) is 12.2. The highest BCUT2D eigenvalue weighted by Gasteiger charge is 2.16. The van der Waals surface area contributed by atoms with Crippen molar-refractivity contribution in [2.75, 3.05) is 11.4 Å². The first-order valence-corrected chi connectivity index (χ1v) is 8.12. The summed E-state index contributed by atoms with van der Waals surface area (Å²) in [5.41, 5.74) is 3.91. The summed E-state index contributed by atoms with van der Waals surface area (Å²) in [6.45, 7) is 6.61. The monoisotopic (exact) mass is 334 g/mol. The normalized spacial score (nSPS) is 11.2. The molecule has 3 aromatic heterocycles. The second kappa shape index (κ2) is 5.97. The second-order valence-electron chi connectivity index (χ2n) is 5.80. The van der Waals surface area contributed by atoms with E-state index in [4.69, 9.17) is 0 Å². The predicted molar refractivity (Wildman–Crippen MR) is 95.2 cm³/mol. The van der Waals surface area contributed by atoms with Gasteiger partial charge in [-0.1, -0.05) is 18.2 Å². The summed E-state index contributed by atoms with van der Waals surface area (Å²) in [7, 11) is 0. The summed E-state index contributed by atoms with van der Waals surface area (Å²) < 4.78 is 1.64. The number of fused-ring (bicyclic) bond motifs is 1. The number of rotatable bonds is 4. The fourth-order valence-electron chi connectivity index (χ4n) is 2.94. The lowest BCUT2D eigenvalue weighted by Gasteiger charge is -2.18. The fourth-order valence-corrected chi connectivity index (χ4v) is 2.94. The van der Waals surface area contributed by atoms with E-state index in [0.717, 1.165) is 28.0 Å². The van der Waals surface area contributed by atoms with Crippen molar-refractivity contribution in [2.45, 2.75) is 20.8 Å². The molecule has 0 fully saturated rings. The number of hydrogen-bond acceptors (Lipinski definition) is 6. The Balaban J connectivity index is 1.71. The number of nitrogens with one attached hydrogen (secondary N) is 1. The molecule has 0 saturated carbocycles. The van der Waals surface area contributed by atoms with Gasteiger partial charge in [0, 0.05) is 29.3 Å². The molecule has 126 valence electrons. The summed E-state index contributed by atoms with van der Waals surface area (Å²) in [5.74, 6) is 0.821. The second-order valence-corrected chi connectivity index (χ2v) is 5.80. The minimum Gasteiger partial charge on any atom is -0.359 e. The molecule has 8 nitrogen and oxygen atoms in total. The van der Waals surface area contributed by atoms with E-state index in [-0.39, 0.29) is 0 Å². The number of nitrogens with zero attached hydrogens (tertiary/aromatic N) is 7. The van der Waals surface area contributed by atoms with Crippen molar-refractivity contribution in [1.29, 1.82) is 0 Å². The van der Waals surface area contributed by atoms with Crippen LogP contribution in [0.5, 0.6) is 0 Å². The quantitative estimate of drug-likeness (QED) is 0.617. The Kier molecular flexibility index (Phi) is 3.64. The molecule has 4 rings (SSSR count). The van der Waals surface area contributed by atoms with Crippen LogP contribution < -0.4 is 4.90 Å². The Morgan fingerprint density at radius 2 is 1.84 bits per heavy atom. The van der Waals surface area contributed by atoms with Crippen LogP contribution in [0.4, 0.5) is 11.6 Å². The molecule has 25 heavy (non-hydrogen) atoms. The van der Waals surface area contributed by atoms with E-state index in [0.29, 0.717) is 18.4 Å². The van der Waals surface area contributed by atoms with Crippen molar-refractivity contribution >= 4 is 22.5 Å². The molecule has 3 heterocycles. The number of hydrogen-bond donors (Lipinski definition) is 1. The summed E-state index contributed by atoms with van der Waals surface area (Å²) in [6.07, 6.45) is 1.95.